The Morgan fingerprint density at radius 2 is 2.00 bits per heavy atom. The Labute approximate surface area is 150 Å². The lowest BCUT2D eigenvalue weighted by Gasteiger charge is -2.06. The van der Waals surface area contributed by atoms with Crippen molar-refractivity contribution in [2.45, 2.75) is 47.0 Å². The first-order chi connectivity index (χ1) is 12.0. The fraction of sp³-hybridized carbons (Fsp3) is 0.333. The maximum atomic E-state index is 11.3. The average Bonchev–Trinajstić information content (AvgIpc) is 3.00. The van der Waals surface area contributed by atoms with E-state index < -0.39 is 5.91 Å². The maximum absolute atomic E-state index is 11.3. The molecule has 0 saturated heterocycles. The Bertz CT molecular complexity index is 780. The number of nitrogens with two attached hydrogens (primary N) is 1. The molecule has 0 radical (unpaired) electrons. The second-order valence-corrected chi connectivity index (χ2v) is 5.85. The number of hydrogen-bond acceptors (Lipinski definition) is 2. The van der Waals surface area contributed by atoms with Gasteiger partial charge in [-0.1, -0.05) is 57.9 Å². The van der Waals surface area contributed by atoms with Gasteiger partial charge in [0.1, 0.15) is 0 Å². The first kappa shape index (κ1) is 20.4. The van der Waals surface area contributed by atoms with Crippen LogP contribution in [0.4, 0.5) is 0 Å². The number of amides is 1. The topological polar surface area (TPSA) is 60.9 Å². The number of fused-ring (bicyclic) bond motifs is 1. The van der Waals surface area contributed by atoms with E-state index in [2.05, 4.69) is 25.5 Å². The molecule has 2 N–H and O–H groups in total. The Balaban J connectivity index is 0.000000550. The number of hydrogen-bond donors (Lipinski definition) is 1. The number of carbonyl (C=O) groups is 1. The van der Waals surface area contributed by atoms with Gasteiger partial charge in [-0.2, -0.15) is 5.10 Å². The molecule has 0 unspecified atom stereocenters. The van der Waals surface area contributed by atoms with E-state index in [-0.39, 0.29) is 0 Å². The number of aromatic nitrogens is 2. The Hall–Kier alpha value is -2.62. The molecule has 0 aliphatic carbocycles. The van der Waals surface area contributed by atoms with Gasteiger partial charge in [0, 0.05) is 11.0 Å². The molecule has 0 saturated carbocycles. The molecule has 2 rings (SSSR count). The Morgan fingerprint density at radius 1 is 1.32 bits per heavy atom. The number of rotatable bonds is 6. The molecule has 0 aliphatic rings. The van der Waals surface area contributed by atoms with Crippen LogP contribution in [0.3, 0.4) is 0 Å². The minimum absolute atomic E-state index is 0.427. The molecule has 1 aromatic carbocycles. The molecule has 2 aromatic rings. The zero-order valence-electron chi connectivity index (χ0n) is 15.7. The van der Waals surface area contributed by atoms with Gasteiger partial charge in [0.25, 0.3) is 0 Å². The molecule has 25 heavy (non-hydrogen) atoms. The SMILES string of the molecule is C=C/C(=C\C(=C/C)C(N)=O)n1ncc2ccc(C)cc21.CCCCC. The number of benzene rings is 1. The van der Waals surface area contributed by atoms with E-state index in [9.17, 15) is 4.79 Å². The van der Waals surface area contributed by atoms with E-state index in [1.165, 1.54) is 19.3 Å². The van der Waals surface area contributed by atoms with E-state index in [1.807, 2.05) is 25.1 Å². The van der Waals surface area contributed by atoms with Gasteiger partial charge in [0.15, 0.2) is 0 Å². The van der Waals surface area contributed by atoms with E-state index in [1.54, 1.807) is 36.0 Å². The highest BCUT2D eigenvalue weighted by Crippen LogP contribution is 2.20. The van der Waals surface area contributed by atoms with Crippen LogP contribution in [-0.2, 0) is 4.79 Å². The van der Waals surface area contributed by atoms with Crippen molar-refractivity contribution in [3.8, 4) is 0 Å². The molecule has 0 fully saturated rings. The van der Waals surface area contributed by atoms with Crippen LogP contribution in [0.25, 0.3) is 16.6 Å². The number of nitrogens with zero attached hydrogens (tertiary/aromatic N) is 2. The summed E-state index contributed by atoms with van der Waals surface area (Å²) in [6.07, 6.45) is 10.9. The van der Waals surface area contributed by atoms with Crippen LogP contribution in [0.5, 0.6) is 0 Å². The molecular weight excluding hydrogens is 310 g/mol. The van der Waals surface area contributed by atoms with Crippen molar-refractivity contribution in [2.75, 3.05) is 0 Å². The molecule has 1 aromatic heterocycles. The minimum atomic E-state index is -0.473. The summed E-state index contributed by atoms with van der Waals surface area (Å²) < 4.78 is 1.75. The van der Waals surface area contributed by atoms with Crippen molar-refractivity contribution in [3.05, 3.63) is 60.3 Å². The smallest absolute Gasteiger partial charge is 0.248 e. The zero-order valence-corrected chi connectivity index (χ0v) is 15.7. The summed E-state index contributed by atoms with van der Waals surface area (Å²) >= 11 is 0. The van der Waals surface area contributed by atoms with Crippen LogP contribution in [0.1, 0.15) is 45.6 Å². The van der Waals surface area contributed by atoms with Crippen molar-refractivity contribution in [1.29, 1.82) is 0 Å². The normalized spacial score (nSPS) is 11.8. The molecule has 4 heteroatoms. The third-order valence-corrected chi connectivity index (χ3v) is 3.79. The monoisotopic (exact) mass is 339 g/mol. The number of allylic oxidation sites excluding steroid dienone is 3. The van der Waals surface area contributed by atoms with Crippen molar-refractivity contribution in [2.24, 2.45) is 5.73 Å². The molecule has 0 aliphatic heterocycles. The molecule has 0 spiro atoms. The average molecular weight is 339 g/mol. The van der Waals surface area contributed by atoms with Gasteiger partial charge in [-0.3, -0.25) is 4.79 Å². The van der Waals surface area contributed by atoms with E-state index in [4.69, 9.17) is 5.73 Å². The predicted molar refractivity (Wildman–Crippen MR) is 107 cm³/mol. The Morgan fingerprint density at radius 3 is 2.48 bits per heavy atom. The summed E-state index contributed by atoms with van der Waals surface area (Å²) in [5, 5.41) is 5.38. The highest BCUT2D eigenvalue weighted by atomic mass is 16.1. The lowest BCUT2D eigenvalue weighted by atomic mass is 10.1. The maximum Gasteiger partial charge on any atom is 0.248 e. The largest absolute Gasteiger partial charge is 0.366 e. The summed E-state index contributed by atoms with van der Waals surface area (Å²) in [6, 6.07) is 6.09. The summed E-state index contributed by atoms with van der Waals surface area (Å²) in [5.41, 5.74) is 8.57. The molecule has 1 amide bonds. The summed E-state index contributed by atoms with van der Waals surface area (Å²) in [6.45, 7) is 12.0. The van der Waals surface area contributed by atoms with Gasteiger partial charge in [-0.15, -0.1) is 0 Å². The summed E-state index contributed by atoms with van der Waals surface area (Å²) in [5.74, 6) is -0.473. The Kier molecular flexibility index (Phi) is 8.40. The van der Waals surface area contributed by atoms with Crippen LogP contribution < -0.4 is 5.73 Å². The van der Waals surface area contributed by atoms with Crippen molar-refractivity contribution in [3.63, 3.8) is 0 Å². The molecule has 0 bridgehead atoms. The molecule has 0 atom stereocenters. The highest BCUT2D eigenvalue weighted by molar-refractivity contribution is 5.97. The van der Waals surface area contributed by atoms with Crippen LogP contribution in [-0.4, -0.2) is 15.7 Å². The molecular formula is C21H29N3O. The van der Waals surface area contributed by atoms with E-state index >= 15 is 0 Å². The zero-order chi connectivity index (χ0) is 18.8. The summed E-state index contributed by atoms with van der Waals surface area (Å²) in [4.78, 5) is 11.3. The number of carbonyl (C=O) groups excluding carboxylic acids is 1. The van der Waals surface area contributed by atoms with Gasteiger partial charge in [0.05, 0.1) is 17.4 Å². The second kappa shape index (κ2) is 10.3. The first-order valence-electron chi connectivity index (χ1n) is 8.73. The van der Waals surface area contributed by atoms with Gasteiger partial charge >= 0.3 is 0 Å². The lowest BCUT2D eigenvalue weighted by Crippen LogP contribution is -2.13. The quantitative estimate of drug-likeness (QED) is 0.594. The standard InChI is InChI=1S/C16H17N3O.C5H12/c1-4-12(16(17)20)9-14(5-2)19-15-8-11(3)6-7-13(15)10-18-19;1-3-5-4-2/h4-10H,2H2,1,3H3,(H2,17,20);3-5H2,1-2H3/b12-4+,14-9+;. The minimum Gasteiger partial charge on any atom is -0.366 e. The summed E-state index contributed by atoms with van der Waals surface area (Å²) in [7, 11) is 0. The fourth-order valence-electron chi connectivity index (χ4n) is 2.35. The molecule has 4 nitrogen and oxygen atoms in total. The van der Waals surface area contributed by atoms with Crippen LogP contribution >= 0.6 is 0 Å². The highest BCUT2D eigenvalue weighted by Gasteiger charge is 2.07. The van der Waals surface area contributed by atoms with Crippen molar-refractivity contribution < 1.29 is 4.79 Å². The van der Waals surface area contributed by atoms with Gasteiger partial charge < -0.3 is 5.73 Å². The van der Waals surface area contributed by atoms with Crippen molar-refractivity contribution >= 4 is 22.5 Å². The van der Waals surface area contributed by atoms with E-state index in [0.717, 1.165) is 16.5 Å². The van der Waals surface area contributed by atoms with Gasteiger partial charge in [-0.25, -0.2) is 4.68 Å². The van der Waals surface area contributed by atoms with Gasteiger partial charge in [-0.05, 0) is 37.6 Å². The second-order valence-electron chi connectivity index (χ2n) is 5.85. The lowest BCUT2D eigenvalue weighted by molar-refractivity contribution is -0.114. The van der Waals surface area contributed by atoms with Crippen molar-refractivity contribution in [1.82, 2.24) is 9.78 Å². The van der Waals surface area contributed by atoms with Gasteiger partial charge in [0.2, 0.25) is 5.91 Å². The number of primary amides is 1. The predicted octanol–water partition coefficient (Wildman–Crippen LogP) is 5.00. The number of unbranched alkanes of at least 4 members (excludes halogenated alkanes) is 2. The molecule has 134 valence electrons. The van der Waals surface area contributed by atoms with Crippen LogP contribution in [0.2, 0.25) is 0 Å². The first-order valence-corrected chi connectivity index (χ1v) is 8.73. The van der Waals surface area contributed by atoms with E-state index in [0.29, 0.717) is 11.3 Å². The molecule has 1 heterocycles. The van der Waals surface area contributed by atoms with Crippen LogP contribution in [0.15, 0.2) is 54.8 Å². The third kappa shape index (κ3) is 5.75. The third-order valence-electron chi connectivity index (χ3n) is 3.79. The van der Waals surface area contributed by atoms with Crippen LogP contribution in [0, 0.1) is 6.92 Å². The number of aryl methyl sites for hydroxylation is 1. The fourth-order valence-corrected chi connectivity index (χ4v) is 2.35.